The van der Waals surface area contributed by atoms with Crippen LogP contribution in [0.3, 0.4) is 0 Å². The molecule has 0 atom stereocenters. The molecule has 20 heavy (non-hydrogen) atoms. The maximum atomic E-state index is 4.43. The number of nitrogens with zero attached hydrogens (tertiary/aromatic N) is 5. The lowest BCUT2D eigenvalue weighted by Crippen LogP contribution is -2.18. The minimum Gasteiger partial charge on any atom is -0.354 e. The highest BCUT2D eigenvalue weighted by Gasteiger charge is 2.07. The van der Waals surface area contributed by atoms with E-state index >= 15 is 0 Å². The predicted octanol–water partition coefficient (Wildman–Crippen LogP) is 2.83. The van der Waals surface area contributed by atoms with E-state index in [1.165, 1.54) is 0 Å². The Hall–Kier alpha value is -1.95. The predicted molar refractivity (Wildman–Crippen MR) is 81.8 cm³/mol. The summed E-state index contributed by atoms with van der Waals surface area (Å²) in [6, 6.07) is 4.07. The van der Waals surface area contributed by atoms with Gasteiger partial charge in [0.15, 0.2) is 5.65 Å². The molecule has 6 heteroatoms. The molecule has 3 heterocycles. The number of hydrogen-bond donors (Lipinski definition) is 0. The molecule has 0 amide bonds. The Labute approximate surface area is 125 Å². The minimum atomic E-state index is 0.691. The molecule has 0 saturated heterocycles. The number of aromatic nitrogens is 4. The molecular weight excluding hydrogens is 318 g/mol. The van der Waals surface area contributed by atoms with Gasteiger partial charge in [0.1, 0.15) is 10.4 Å². The molecule has 0 aliphatic heterocycles. The Bertz CT molecular complexity index is 735. The van der Waals surface area contributed by atoms with Crippen LogP contribution in [-0.2, 0) is 6.54 Å². The van der Waals surface area contributed by atoms with Crippen LogP contribution < -0.4 is 4.90 Å². The largest absolute Gasteiger partial charge is 0.354 e. The van der Waals surface area contributed by atoms with Crippen molar-refractivity contribution in [1.82, 2.24) is 19.4 Å². The number of rotatable bonds is 3. The van der Waals surface area contributed by atoms with Gasteiger partial charge in [-0.1, -0.05) is 6.07 Å². The Kier molecular flexibility index (Phi) is 3.40. The monoisotopic (exact) mass is 331 g/mol. The summed E-state index contributed by atoms with van der Waals surface area (Å²) in [5.41, 5.74) is 2.95. The molecule has 3 aromatic heterocycles. The fourth-order valence-corrected chi connectivity index (χ4v) is 2.38. The molecule has 0 aliphatic rings. The first-order valence-electron chi connectivity index (χ1n) is 6.25. The van der Waals surface area contributed by atoms with Crippen molar-refractivity contribution in [1.29, 1.82) is 0 Å². The van der Waals surface area contributed by atoms with E-state index in [0.717, 1.165) is 27.3 Å². The maximum Gasteiger partial charge on any atom is 0.156 e. The molecular formula is C14H14BrN5. The van der Waals surface area contributed by atoms with Crippen LogP contribution in [0.25, 0.3) is 5.65 Å². The first kappa shape index (κ1) is 13.1. The molecule has 0 bridgehead atoms. The van der Waals surface area contributed by atoms with Gasteiger partial charge in [0.2, 0.25) is 0 Å². The number of anilines is 1. The van der Waals surface area contributed by atoms with E-state index < -0.39 is 0 Å². The van der Waals surface area contributed by atoms with Crippen LogP contribution in [-0.4, -0.2) is 26.4 Å². The highest BCUT2D eigenvalue weighted by molar-refractivity contribution is 9.10. The fraction of sp³-hybridized carbons (Fsp3) is 0.214. The molecule has 5 nitrogen and oxygen atoms in total. The average molecular weight is 332 g/mol. The minimum absolute atomic E-state index is 0.691. The van der Waals surface area contributed by atoms with E-state index in [9.17, 15) is 0 Å². The van der Waals surface area contributed by atoms with Crippen molar-refractivity contribution in [3.05, 3.63) is 52.8 Å². The van der Waals surface area contributed by atoms with Crippen LogP contribution in [0.1, 0.15) is 11.3 Å². The van der Waals surface area contributed by atoms with Gasteiger partial charge in [-0.15, -0.1) is 0 Å². The van der Waals surface area contributed by atoms with Gasteiger partial charge in [0, 0.05) is 19.4 Å². The van der Waals surface area contributed by atoms with Gasteiger partial charge in [-0.3, -0.25) is 9.38 Å². The second-order valence-corrected chi connectivity index (χ2v) is 5.55. The molecule has 3 rings (SSSR count). The van der Waals surface area contributed by atoms with Crippen molar-refractivity contribution >= 4 is 27.4 Å². The van der Waals surface area contributed by atoms with Gasteiger partial charge in [0.05, 0.1) is 24.6 Å². The third-order valence-electron chi connectivity index (χ3n) is 3.09. The zero-order valence-electron chi connectivity index (χ0n) is 11.3. The van der Waals surface area contributed by atoms with Gasteiger partial charge in [-0.05, 0) is 34.5 Å². The SMILES string of the molecule is Cc1ccc(N(C)Cc2cn3c(Br)cnc3cn2)nc1. The smallest absolute Gasteiger partial charge is 0.156 e. The molecule has 0 unspecified atom stereocenters. The van der Waals surface area contributed by atoms with Gasteiger partial charge in [-0.2, -0.15) is 0 Å². The summed E-state index contributed by atoms with van der Waals surface area (Å²) >= 11 is 3.47. The van der Waals surface area contributed by atoms with Crippen molar-refractivity contribution in [3.63, 3.8) is 0 Å². The fourth-order valence-electron chi connectivity index (χ4n) is 1.99. The molecule has 0 spiro atoms. The van der Waals surface area contributed by atoms with Crippen molar-refractivity contribution < 1.29 is 0 Å². The number of pyridine rings is 1. The first-order valence-corrected chi connectivity index (χ1v) is 7.04. The third kappa shape index (κ3) is 2.51. The zero-order chi connectivity index (χ0) is 14.1. The van der Waals surface area contributed by atoms with Crippen LogP contribution >= 0.6 is 15.9 Å². The lowest BCUT2D eigenvalue weighted by atomic mass is 10.3. The summed E-state index contributed by atoms with van der Waals surface area (Å²) in [5.74, 6) is 0.933. The van der Waals surface area contributed by atoms with E-state index in [1.807, 2.05) is 36.8 Å². The van der Waals surface area contributed by atoms with E-state index in [1.54, 1.807) is 12.4 Å². The molecule has 3 aromatic rings. The van der Waals surface area contributed by atoms with E-state index in [2.05, 4.69) is 41.8 Å². The van der Waals surface area contributed by atoms with Crippen LogP contribution in [0.5, 0.6) is 0 Å². The maximum absolute atomic E-state index is 4.43. The molecule has 0 fully saturated rings. The number of imidazole rings is 1. The summed E-state index contributed by atoms with van der Waals surface area (Å²) in [6.07, 6.45) is 7.40. The summed E-state index contributed by atoms with van der Waals surface area (Å²) in [7, 11) is 2.01. The molecule has 0 radical (unpaired) electrons. The van der Waals surface area contributed by atoms with E-state index in [4.69, 9.17) is 0 Å². The van der Waals surface area contributed by atoms with Gasteiger partial charge in [0.25, 0.3) is 0 Å². The summed E-state index contributed by atoms with van der Waals surface area (Å²) in [6.45, 7) is 2.72. The van der Waals surface area contributed by atoms with Crippen molar-refractivity contribution in [2.24, 2.45) is 0 Å². The van der Waals surface area contributed by atoms with Crippen molar-refractivity contribution in [2.45, 2.75) is 13.5 Å². The van der Waals surface area contributed by atoms with Crippen LogP contribution in [0.4, 0.5) is 5.82 Å². The Morgan fingerprint density at radius 1 is 1.15 bits per heavy atom. The van der Waals surface area contributed by atoms with Crippen molar-refractivity contribution in [3.8, 4) is 0 Å². The van der Waals surface area contributed by atoms with E-state index in [-0.39, 0.29) is 0 Å². The highest BCUT2D eigenvalue weighted by Crippen LogP contribution is 2.15. The van der Waals surface area contributed by atoms with Gasteiger partial charge >= 0.3 is 0 Å². The first-order chi connectivity index (χ1) is 9.63. The quantitative estimate of drug-likeness (QED) is 0.740. The van der Waals surface area contributed by atoms with Crippen molar-refractivity contribution in [2.75, 3.05) is 11.9 Å². The average Bonchev–Trinajstić information content (AvgIpc) is 2.81. The number of fused-ring (bicyclic) bond motifs is 1. The summed E-state index contributed by atoms with van der Waals surface area (Å²) < 4.78 is 2.89. The second-order valence-electron chi connectivity index (χ2n) is 4.74. The lowest BCUT2D eigenvalue weighted by molar-refractivity contribution is 0.850. The van der Waals surface area contributed by atoms with Gasteiger partial charge < -0.3 is 4.90 Å². The van der Waals surface area contributed by atoms with Crippen LogP contribution in [0, 0.1) is 6.92 Å². The summed E-state index contributed by atoms with van der Waals surface area (Å²) in [4.78, 5) is 15.1. The molecule has 0 N–H and O–H groups in total. The third-order valence-corrected chi connectivity index (χ3v) is 3.68. The van der Waals surface area contributed by atoms with Crippen LogP contribution in [0.2, 0.25) is 0 Å². The van der Waals surface area contributed by atoms with Gasteiger partial charge in [-0.25, -0.2) is 9.97 Å². The molecule has 0 saturated carbocycles. The molecule has 0 aliphatic carbocycles. The van der Waals surface area contributed by atoms with Crippen LogP contribution in [0.15, 0.2) is 41.5 Å². The topological polar surface area (TPSA) is 46.3 Å². The van der Waals surface area contributed by atoms with E-state index in [0.29, 0.717) is 6.54 Å². The lowest BCUT2D eigenvalue weighted by Gasteiger charge is -2.17. The zero-order valence-corrected chi connectivity index (χ0v) is 12.9. The summed E-state index contributed by atoms with van der Waals surface area (Å²) in [5, 5.41) is 0. The standard InChI is InChI=1S/C14H14BrN5/c1-10-3-4-13(17-5-10)19(2)8-11-9-20-12(15)6-18-14(20)7-16-11/h3-7,9H,8H2,1-2H3. The number of aryl methyl sites for hydroxylation is 1. The normalized spacial score (nSPS) is 10.9. The molecule has 102 valence electrons. The Morgan fingerprint density at radius 2 is 2.00 bits per heavy atom. The Balaban J connectivity index is 1.84. The number of hydrogen-bond acceptors (Lipinski definition) is 4. The highest BCUT2D eigenvalue weighted by atomic mass is 79.9. The number of halogens is 1. The Morgan fingerprint density at radius 3 is 2.75 bits per heavy atom. The second kappa shape index (κ2) is 5.20. The molecule has 0 aromatic carbocycles.